The van der Waals surface area contributed by atoms with Gasteiger partial charge < -0.3 is 5.32 Å². The van der Waals surface area contributed by atoms with Crippen LogP contribution in [0.2, 0.25) is 0 Å². The molecule has 0 aliphatic carbocycles. The summed E-state index contributed by atoms with van der Waals surface area (Å²) in [5.41, 5.74) is 0.962. The van der Waals surface area contributed by atoms with Crippen LogP contribution in [0.1, 0.15) is 25.6 Å². The Balaban J connectivity index is 2.32. The maximum atomic E-state index is 4.51. The lowest BCUT2D eigenvalue weighted by atomic mass is 10.2. The van der Waals surface area contributed by atoms with Gasteiger partial charge in [-0.05, 0) is 50.1 Å². The third kappa shape index (κ3) is 4.00. The van der Waals surface area contributed by atoms with E-state index in [1.165, 1.54) is 0 Å². The van der Waals surface area contributed by atoms with E-state index in [0.717, 1.165) is 30.9 Å². The Morgan fingerprint density at radius 2 is 1.79 bits per heavy atom. The molecule has 19 heavy (non-hydrogen) atoms. The van der Waals surface area contributed by atoms with Gasteiger partial charge >= 0.3 is 0 Å². The predicted octanol–water partition coefficient (Wildman–Crippen LogP) is 5.63. The first-order chi connectivity index (χ1) is 8.95. The smallest absolute Gasteiger partial charge is 0.135 e. The third-order valence-electron chi connectivity index (χ3n) is 2.42. The average Bonchev–Trinajstić information content (AvgIpc) is 2.32. The molecule has 0 fully saturated rings. The molecule has 0 aliphatic rings. The van der Waals surface area contributed by atoms with E-state index in [-0.39, 0.29) is 5.92 Å². The molecule has 2 aromatic rings. The second-order valence-corrected chi connectivity index (χ2v) is 6.92. The van der Waals surface area contributed by atoms with Gasteiger partial charge in [-0.3, -0.25) is 0 Å². The number of nitrogens with zero attached hydrogens (tertiary/aromatic N) is 2. The molecule has 1 heterocycles. The van der Waals surface area contributed by atoms with Gasteiger partial charge in [-0.1, -0.05) is 29.8 Å². The zero-order chi connectivity index (χ0) is 14.0. The first kappa shape index (κ1) is 14.9. The fourth-order valence-electron chi connectivity index (χ4n) is 1.49. The lowest BCUT2D eigenvalue weighted by Crippen LogP contribution is -2.02. The second-order valence-electron chi connectivity index (χ2n) is 4.34. The molecule has 1 N–H and O–H groups in total. The number of hydrogen-bond donors (Lipinski definition) is 1. The SMILES string of the molecule is CC(C)c1nc(Br)cc(Nc2ccc(Br)cc2Br)n1. The largest absolute Gasteiger partial charge is 0.339 e. The molecule has 0 unspecified atom stereocenters. The summed E-state index contributed by atoms with van der Waals surface area (Å²) in [6.07, 6.45) is 0. The molecule has 1 aromatic heterocycles. The molecule has 3 nitrogen and oxygen atoms in total. The molecule has 1 aromatic carbocycles. The first-order valence-electron chi connectivity index (χ1n) is 5.72. The summed E-state index contributed by atoms with van der Waals surface area (Å²) in [6, 6.07) is 7.81. The monoisotopic (exact) mass is 447 g/mol. The van der Waals surface area contributed by atoms with Gasteiger partial charge in [0, 0.05) is 20.9 Å². The van der Waals surface area contributed by atoms with E-state index in [9.17, 15) is 0 Å². The molecule has 0 aliphatic heterocycles. The maximum absolute atomic E-state index is 4.51. The normalized spacial score (nSPS) is 10.8. The highest BCUT2D eigenvalue weighted by atomic mass is 79.9. The van der Waals surface area contributed by atoms with Gasteiger partial charge in [0.15, 0.2) is 0 Å². The van der Waals surface area contributed by atoms with Crippen molar-refractivity contribution in [1.29, 1.82) is 0 Å². The molecule has 0 atom stereocenters. The summed E-state index contributed by atoms with van der Waals surface area (Å²) in [4.78, 5) is 8.86. The Labute approximate surface area is 137 Å². The van der Waals surface area contributed by atoms with Crippen LogP contribution in [0.25, 0.3) is 0 Å². The lowest BCUT2D eigenvalue weighted by molar-refractivity contribution is 0.771. The summed E-state index contributed by atoms with van der Waals surface area (Å²) in [5.74, 6) is 1.87. The standard InChI is InChI=1S/C13H12Br3N3/c1-7(2)13-18-11(16)6-12(19-13)17-10-4-3-8(14)5-9(10)15/h3-7H,1-2H3,(H,17,18,19). The molecule has 0 saturated carbocycles. The van der Waals surface area contributed by atoms with Gasteiger partial charge in [0.1, 0.15) is 16.2 Å². The Morgan fingerprint density at radius 1 is 1.05 bits per heavy atom. The molecule has 0 bridgehead atoms. The third-order valence-corrected chi connectivity index (χ3v) is 3.98. The summed E-state index contributed by atoms with van der Waals surface area (Å²) in [7, 11) is 0. The minimum Gasteiger partial charge on any atom is -0.339 e. The summed E-state index contributed by atoms with van der Waals surface area (Å²) < 4.78 is 2.78. The van der Waals surface area contributed by atoms with Crippen molar-refractivity contribution in [2.24, 2.45) is 0 Å². The van der Waals surface area contributed by atoms with Crippen LogP contribution in [0.4, 0.5) is 11.5 Å². The number of halogens is 3. The van der Waals surface area contributed by atoms with Gasteiger partial charge in [0.05, 0.1) is 5.69 Å². The molecular weight excluding hydrogens is 438 g/mol. The number of aromatic nitrogens is 2. The van der Waals surface area contributed by atoms with Gasteiger partial charge in [0.25, 0.3) is 0 Å². The summed E-state index contributed by atoms with van der Waals surface area (Å²) >= 11 is 10.4. The van der Waals surface area contributed by atoms with Crippen molar-refractivity contribution >= 4 is 59.3 Å². The van der Waals surface area contributed by atoms with Crippen LogP contribution in [-0.4, -0.2) is 9.97 Å². The molecule has 6 heteroatoms. The van der Waals surface area contributed by atoms with Crippen molar-refractivity contribution in [3.63, 3.8) is 0 Å². The molecular formula is C13H12Br3N3. The molecule has 0 spiro atoms. The van der Waals surface area contributed by atoms with Crippen LogP contribution >= 0.6 is 47.8 Å². The average molecular weight is 450 g/mol. The first-order valence-corrected chi connectivity index (χ1v) is 8.10. The Hall–Kier alpha value is -0.460. The molecule has 0 saturated heterocycles. The Kier molecular flexibility index (Phi) is 4.97. The predicted molar refractivity (Wildman–Crippen MR) is 88.9 cm³/mol. The Bertz CT molecular complexity index is 600. The van der Waals surface area contributed by atoms with Crippen LogP contribution in [0.5, 0.6) is 0 Å². The minimum absolute atomic E-state index is 0.284. The highest BCUT2D eigenvalue weighted by Crippen LogP contribution is 2.29. The zero-order valence-corrected chi connectivity index (χ0v) is 15.2. The van der Waals surface area contributed by atoms with E-state index in [4.69, 9.17) is 0 Å². The van der Waals surface area contributed by atoms with E-state index in [1.807, 2.05) is 24.3 Å². The van der Waals surface area contributed by atoms with E-state index >= 15 is 0 Å². The van der Waals surface area contributed by atoms with Crippen molar-refractivity contribution < 1.29 is 0 Å². The van der Waals surface area contributed by atoms with E-state index in [2.05, 4.69) is 76.9 Å². The van der Waals surface area contributed by atoms with Crippen molar-refractivity contribution in [1.82, 2.24) is 9.97 Å². The molecule has 2 rings (SSSR count). The van der Waals surface area contributed by atoms with Crippen molar-refractivity contribution in [2.45, 2.75) is 19.8 Å². The van der Waals surface area contributed by atoms with Crippen LogP contribution in [0, 0.1) is 0 Å². The highest BCUT2D eigenvalue weighted by molar-refractivity contribution is 9.11. The molecule has 0 amide bonds. The van der Waals surface area contributed by atoms with Crippen LogP contribution < -0.4 is 5.32 Å². The van der Waals surface area contributed by atoms with Crippen molar-refractivity contribution in [2.75, 3.05) is 5.32 Å². The Morgan fingerprint density at radius 3 is 2.42 bits per heavy atom. The van der Waals surface area contributed by atoms with E-state index < -0.39 is 0 Å². The van der Waals surface area contributed by atoms with Gasteiger partial charge in [0.2, 0.25) is 0 Å². The van der Waals surface area contributed by atoms with E-state index in [1.54, 1.807) is 0 Å². The van der Waals surface area contributed by atoms with Crippen molar-refractivity contribution in [3.8, 4) is 0 Å². The topological polar surface area (TPSA) is 37.8 Å². The van der Waals surface area contributed by atoms with Crippen LogP contribution in [0.3, 0.4) is 0 Å². The maximum Gasteiger partial charge on any atom is 0.135 e. The lowest BCUT2D eigenvalue weighted by Gasteiger charge is -2.11. The number of rotatable bonds is 3. The number of nitrogens with one attached hydrogen (secondary N) is 1. The van der Waals surface area contributed by atoms with Gasteiger partial charge in [-0.2, -0.15) is 0 Å². The van der Waals surface area contributed by atoms with Gasteiger partial charge in [-0.25, -0.2) is 9.97 Å². The number of benzene rings is 1. The van der Waals surface area contributed by atoms with Crippen molar-refractivity contribution in [3.05, 3.63) is 43.6 Å². The minimum atomic E-state index is 0.284. The number of anilines is 2. The zero-order valence-electron chi connectivity index (χ0n) is 10.4. The van der Waals surface area contributed by atoms with E-state index in [0.29, 0.717) is 0 Å². The highest BCUT2D eigenvalue weighted by Gasteiger charge is 2.08. The number of hydrogen-bond acceptors (Lipinski definition) is 3. The summed E-state index contributed by atoms with van der Waals surface area (Å²) in [6.45, 7) is 4.14. The van der Waals surface area contributed by atoms with Crippen LogP contribution in [-0.2, 0) is 0 Å². The molecule has 0 radical (unpaired) electrons. The summed E-state index contributed by atoms with van der Waals surface area (Å²) in [5, 5.41) is 3.29. The second kappa shape index (κ2) is 6.33. The van der Waals surface area contributed by atoms with Crippen LogP contribution in [0.15, 0.2) is 37.8 Å². The molecule has 100 valence electrons. The fraction of sp³-hybridized carbons (Fsp3) is 0.231. The fourth-order valence-corrected chi connectivity index (χ4v) is 3.03. The quantitative estimate of drug-likeness (QED) is 0.617. The van der Waals surface area contributed by atoms with Gasteiger partial charge in [-0.15, -0.1) is 0 Å².